The zero-order valence-corrected chi connectivity index (χ0v) is 14.6. The summed E-state index contributed by atoms with van der Waals surface area (Å²) in [6.07, 6.45) is 4.86. The van der Waals surface area contributed by atoms with E-state index in [0.29, 0.717) is 12.3 Å². The molecule has 26 heavy (non-hydrogen) atoms. The first-order valence-corrected chi connectivity index (χ1v) is 8.20. The van der Waals surface area contributed by atoms with E-state index in [0.717, 1.165) is 28.1 Å². The minimum Gasteiger partial charge on any atom is -0.494 e. The molecule has 0 atom stereocenters. The number of hydrazone groups is 1. The van der Waals surface area contributed by atoms with Crippen LogP contribution in [-0.2, 0) is 0 Å². The lowest BCUT2D eigenvalue weighted by Crippen LogP contribution is -2.19. The smallest absolute Gasteiger partial charge is 0.289 e. The van der Waals surface area contributed by atoms with E-state index >= 15 is 0 Å². The summed E-state index contributed by atoms with van der Waals surface area (Å²) in [6.45, 7) is 4.40. The summed E-state index contributed by atoms with van der Waals surface area (Å²) in [6, 6.07) is 11.2. The number of rotatable bonds is 6. The molecular formula is C19H19N5O2. The van der Waals surface area contributed by atoms with E-state index in [2.05, 4.69) is 25.7 Å². The van der Waals surface area contributed by atoms with E-state index in [9.17, 15) is 4.79 Å². The molecular weight excluding hydrogens is 330 g/mol. The number of H-pyrrole nitrogens is 1. The fraction of sp³-hybridized carbons (Fsp3) is 0.158. The molecule has 7 nitrogen and oxygen atoms in total. The highest BCUT2D eigenvalue weighted by atomic mass is 16.5. The van der Waals surface area contributed by atoms with Crippen molar-refractivity contribution < 1.29 is 9.53 Å². The van der Waals surface area contributed by atoms with E-state index in [1.807, 2.05) is 44.2 Å². The largest absolute Gasteiger partial charge is 0.494 e. The fourth-order valence-corrected chi connectivity index (χ4v) is 2.45. The minimum absolute atomic E-state index is 0.354. The van der Waals surface area contributed by atoms with Crippen LogP contribution in [0.4, 0.5) is 0 Å². The number of aromatic amines is 1. The number of aromatic nitrogens is 3. The maximum absolute atomic E-state index is 12.3. The first-order chi connectivity index (χ1) is 12.7. The molecule has 2 aromatic heterocycles. The summed E-state index contributed by atoms with van der Waals surface area (Å²) < 4.78 is 5.44. The van der Waals surface area contributed by atoms with Crippen molar-refractivity contribution in [2.24, 2.45) is 5.10 Å². The van der Waals surface area contributed by atoms with Gasteiger partial charge in [-0.3, -0.25) is 14.9 Å². The Labute approximate surface area is 151 Å². The van der Waals surface area contributed by atoms with Gasteiger partial charge in [-0.1, -0.05) is 6.07 Å². The highest BCUT2D eigenvalue weighted by Gasteiger charge is 2.16. The average Bonchev–Trinajstić information content (AvgIpc) is 3.05. The summed E-state index contributed by atoms with van der Waals surface area (Å²) >= 11 is 0. The van der Waals surface area contributed by atoms with E-state index in [4.69, 9.17) is 4.74 Å². The lowest BCUT2D eigenvalue weighted by atomic mass is 10.1. The molecule has 0 saturated heterocycles. The molecule has 0 aliphatic rings. The Balaban J connectivity index is 1.71. The molecule has 3 aromatic rings. The van der Waals surface area contributed by atoms with E-state index in [1.54, 1.807) is 18.5 Å². The third-order valence-corrected chi connectivity index (χ3v) is 3.74. The summed E-state index contributed by atoms with van der Waals surface area (Å²) in [5.41, 5.74) is 6.03. The van der Waals surface area contributed by atoms with Gasteiger partial charge in [0.15, 0.2) is 0 Å². The van der Waals surface area contributed by atoms with E-state index in [1.165, 1.54) is 6.21 Å². The number of nitrogens with zero attached hydrogens (tertiary/aromatic N) is 3. The van der Waals surface area contributed by atoms with Gasteiger partial charge in [-0.05, 0) is 44.2 Å². The molecule has 0 bridgehead atoms. The number of hydrogen-bond acceptors (Lipinski definition) is 5. The van der Waals surface area contributed by atoms with Crippen LogP contribution in [0.3, 0.4) is 0 Å². The minimum atomic E-state index is -0.354. The Bertz CT molecular complexity index is 901. The summed E-state index contributed by atoms with van der Waals surface area (Å²) in [5, 5.41) is 11.0. The van der Waals surface area contributed by atoms with Crippen molar-refractivity contribution in [1.29, 1.82) is 0 Å². The van der Waals surface area contributed by atoms with Crippen molar-refractivity contribution in [3.8, 4) is 17.0 Å². The van der Waals surface area contributed by atoms with Crippen LogP contribution in [0.1, 0.15) is 28.5 Å². The van der Waals surface area contributed by atoms with Gasteiger partial charge in [-0.15, -0.1) is 0 Å². The lowest BCUT2D eigenvalue weighted by molar-refractivity contribution is 0.0949. The van der Waals surface area contributed by atoms with Crippen LogP contribution < -0.4 is 10.2 Å². The number of nitrogens with one attached hydrogen (secondary N) is 2. The van der Waals surface area contributed by atoms with Crippen LogP contribution in [0.25, 0.3) is 11.3 Å². The van der Waals surface area contributed by atoms with Gasteiger partial charge in [-0.2, -0.15) is 10.2 Å². The first-order valence-electron chi connectivity index (χ1n) is 8.20. The van der Waals surface area contributed by atoms with Crippen molar-refractivity contribution in [1.82, 2.24) is 20.6 Å². The predicted molar refractivity (Wildman–Crippen MR) is 99.2 cm³/mol. The molecule has 0 saturated carbocycles. The SMILES string of the molecule is CCOc1ccc(-c2n[nH]c(C(=O)N/N=C\c3cccnc3)c2C)cc1. The maximum Gasteiger partial charge on any atom is 0.289 e. The summed E-state index contributed by atoms with van der Waals surface area (Å²) in [7, 11) is 0. The highest BCUT2D eigenvalue weighted by Crippen LogP contribution is 2.25. The lowest BCUT2D eigenvalue weighted by Gasteiger charge is -2.04. The molecule has 7 heteroatoms. The van der Waals surface area contributed by atoms with Crippen LogP contribution in [0.2, 0.25) is 0 Å². The van der Waals surface area contributed by atoms with Crippen molar-refractivity contribution in [2.75, 3.05) is 6.61 Å². The van der Waals surface area contributed by atoms with Crippen molar-refractivity contribution in [3.05, 3.63) is 65.6 Å². The second kappa shape index (κ2) is 8.06. The number of pyridine rings is 1. The Kier molecular flexibility index (Phi) is 5.38. The van der Waals surface area contributed by atoms with Crippen molar-refractivity contribution in [3.63, 3.8) is 0 Å². The second-order valence-corrected chi connectivity index (χ2v) is 5.52. The molecule has 2 N–H and O–H groups in total. The molecule has 0 aliphatic carbocycles. The topological polar surface area (TPSA) is 92.3 Å². The molecule has 0 radical (unpaired) electrons. The molecule has 1 aromatic carbocycles. The average molecular weight is 349 g/mol. The predicted octanol–water partition coefficient (Wildman–Crippen LogP) is 2.94. The molecule has 0 spiro atoms. The van der Waals surface area contributed by atoms with E-state index < -0.39 is 0 Å². The number of carbonyl (C=O) groups excluding carboxylic acids is 1. The number of benzene rings is 1. The van der Waals surface area contributed by atoms with Crippen molar-refractivity contribution in [2.45, 2.75) is 13.8 Å². The van der Waals surface area contributed by atoms with Crippen LogP contribution in [0.5, 0.6) is 5.75 Å². The monoisotopic (exact) mass is 349 g/mol. The van der Waals surface area contributed by atoms with Crippen LogP contribution in [0.15, 0.2) is 53.9 Å². The van der Waals surface area contributed by atoms with Crippen molar-refractivity contribution >= 4 is 12.1 Å². The quantitative estimate of drug-likeness (QED) is 0.529. The standard InChI is InChI=1S/C19H19N5O2/c1-3-26-16-8-6-15(7-9-16)17-13(2)18(23-22-17)19(25)24-21-12-14-5-4-10-20-11-14/h4-12H,3H2,1-2H3,(H,22,23)(H,24,25)/b21-12-. The number of carbonyl (C=O) groups is 1. The molecule has 1 amide bonds. The van der Waals surface area contributed by atoms with E-state index in [-0.39, 0.29) is 5.91 Å². The van der Waals surface area contributed by atoms with Gasteiger partial charge >= 0.3 is 0 Å². The number of ether oxygens (including phenoxy) is 1. The Morgan fingerprint density at radius 2 is 2.12 bits per heavy atom. The van der Waals surface area contributed by atoms with Gasteiger partial charge in [0, 0.05) is 29.1 Å². The molecule has 2 heterocycles. The van der Waals surface area contributed by atoms with Gasteiger partial charge in [0.1, 0.15) is 11.4 Å². The molecule has 0 aliphatic heterocycles. The molecule has 0 unspecified atom stereocenters. The zero-order chi connectivity index (χ0) is 18.4. The van der Waals surface area contributed by atoms with Gasteiger partial charge in [0.25, 0.3) is 5.91 Å². The molecule has 0 fully saturated rings. The van der Waals surface area contributed by atoms with Crippen LogP contribution >= 0.6 is 0 Å². The molecule has 132 valence electrons. The van der Waals surface area contributed by atoms with Gasteiger partial charge in [-0.25, -0.2) is 5.43 Å². The second-order valence-electron chi connectivity index (χ2n) is 5.52. The Morgan fingerprint density at radius 3 is 2.81 bits per heavy atom. The van der Waals surface area contributed by atoms with Gasteiger partial charge < -0.3 is 4.74 Å². The summed E-state index contributed by atoms with van der Waals surface area (Å²) in [4.78, 5) is 16.3. The maximum atomic E-state index is 12.3. The zero-order valence-electron chi connectivity index (χ0n) is 14.6. The molecule has 3 rings (SSSR count). The third-order valence-electron chi connectivity index (χ3n) is 3.74. The third kappa shape index (κ3) is 3.94. The normalized spacial score (nSPS) is 10.8. The summed E-state index contributed by atoms with van der Waals surface area (Å²) in [5.74, 6) is 0.444. The fourth-order valence-electron chi connectivity index (χ4n) is 2.45. The van der Waals surface area contributed by atoms with Gasteiger partial charge in [0.2, 0.25) is 0 Å². The number of amides is 1. The van der Waals surface area contributed by atoms with Crippen LogP contribution in [0, 0.1) is 6.92 Å². The Hall–Kier alpha value is -3.48. The van der Waals surface area contributed by atoms with Crippen LogP contribution in [-0.4, -0.2) is 33.9 Å². The number of hydrogen-bond donors (Lipinski definition) is 2. The Morgan fingerprint density at radius 1 is 1.31 bits per heavy atom. The highest BCUT2D eigenvalue weighted by molar-refractivity contribution is 5.95. The van der Waals surface area contributed by atoms with Gasteiger partial charge in [0.05, 0.1) is 18.5 Å². The first kappa shape index (κ1) is 17.3.